The summed E-state index contributed by atoms with van der Waals surface area (Å²) in [5.41, 5.74) is 10.7. The number of carbonyl (C=O) groups excluding carboxylic acids is 4. The van der Waals surface area contributed by atoms with E-state index in [0.717, 1.165) is 0 Å². The second-order valence-electron chi connectivity index (χ2n) is 9.23. The zero-order chi connectivity index (χ0) is 25.2. The third kappa shape index (κ3) is 11.1. The number of carboxylic acid groups (broad SMARTS) is 1. The van der Waals surface area contributed by atoms with Gasteiger partial charge in [-0.25, -0.2) is 4.79 Å². The molecule has 0 heterocycles. The third-order valence-electron chi connectivity index (χ3n) is 4.67. The number of carbonyl (C=O) groups is 5. The predicted octanol–water partition coefficient (Wildman–Crippen LogP) is -0.524. The van der Waals surface area contributed by atoms with Crippen LogP contribution in [0, 0.1) is 17.8 Å². The molecule has 0 fully saturated rings. The standard InChI is InChI=1S/C21H39N5O6/c1-10(2)7-14(19(29)25-15(21(31)32)8-11(3)4)24-20(30)17(12(5)6)26-18(28)13(22)9-16(23)27/h10-15,17H,7-9,22H2,1-6H3,(H2,23,27)(H,24,30)(H,25,29)(H,26,28)(H,31,32)/t13-,14-,15-,17-/m0/s1. The van der Waals surface area contributed by atoms with Gasteiger partial charge in [0.1, 0.15) is 18.1 Å². The third-order valence-corrected chi connectivity index (χ3v) is 4.67. The minimum Gasteiger partial charge on any atom is -0.480 e. The van der Waals surface area contributed by atoms with E-state index in [1.54, 1.807) is 13.8 Å². The van der Waals surface area contributed by atoms with Crippen molar-refractivity contribution >= 4 is 29.6 Å². The molecule has 0 aliphatic carbocycles. The number of carboxylic acids is 1. The van der Waals surface area contributed by atoms with E-state index in [0.29, 0.717) is 0 Å². The second kappa shape index (κ2) is 13.7. The topological polar surface area (TPSA) is 194 Å². The van der Waals surface area contributed by atoms with E-state index in [-0.39, 0.29) is 37.0 Å². The fraction of sp³-hybridized carbons (Fsp3) is 0.762. The van der Waals surface area contributed by atoms with E-state index >= 15 is 0 Å². The smallest absolute Gasteiger partial charge is 0.326 e. The van der Waals surface area contributed by atoms with Crippen molar-refractivity contribution in [2.45, 2.75) is 85.0 Å². The first-order valence-electron chi connectivity index (χ1n) is 10.8. The van der Waals surface area contributed by atoms with E-state index in [9.17, 15) is 29.1 Å². The molecular weight excluding hydrogens is 418 g/mol. The Morgan fingerprint density at radius 1 is 0.750 bits per heavy atom. The Bertz CT molecular complexity index is 680. The van der Waals surface area contributed by atoms with Gasteiger partial charge in [0.25, 0.3) is 0 Å². The number of hydrogen-bond acceptors (Lipinski definition) is 6. The van der Waals surface area contributed by atoms with Crippen molar-refractivity contribution in [1.82, 2.24) is 16.0 Å². The molecule has 0 aliphatic rings. The lowest BCUT2D eigenvalue weighted by molar-refractivity contribution is -0.143. The predicted molar refractivity (Wildman–Crippen MR) is 119 cm³/mol. The van der Waals surface area contributed by atoms with E-state index in [2.05, 4.69) is 16.0 Å². The van der Waals surface area contributed by atoms with Gasteiger partial charge in [-0.2, -0.15) is 0 Å². The quantitative estimate of drug-likeness (QED) is 0.202. The minimum absolute atomic E-state index is 0.0236. The molecule has 11 nitrogen and oxygen atoms in total. The van der Waals surface area contributed by atoms with Crippen molar-refractivity contribution in [2.75, 3.05) is 0 Å². The molecule has 0 spiro atoms. The summed E-state index contributed by atoms with van der Waals surface area (Å²) in [5, 5.41) is 17.0. The molecule has 184 valence electrons. The van der Waals surface area contributed by atoms with Crippen molar-refractivity contribution in [3.05, 3.63) is 0 Å². The Kier molecular flexibility index (Phi) is 12.5. The summed E-state index contributed by atoms with van der Waals surface area (Å²) in [6.45, 7) is 10.8. The van der Waals surface area contributed by atoms with Gasteiger partial charge < -0.3 is 32.5 Å². The summed E-state index contributed by atoms with van der Waals surface area (Å²) < 4.78 is 0. The molecule has 0 bridgehead atoms. The van der Waals surface area contributed by atoms with E-state index < -0.39 is 53.8 Å². The van der Waals surface area contributed by atoms with E-state index in [1.165, 1.54) is 0 Å². The first-order valence-corrected chi connectivity index (χ1v) is 10.8. The maximum atomic E-state index is 12.9. The molecule has 4 amide bonds. The first-order chi connectivity index (χ1) is 14.6. The van der Waals surface area contributed by atoms with Crippen LogP contribution in [0.5, 0.6) is 0 Å². The number of rotatable bonds is 14. The lowest BCUT2D eigenvalue weighted by Crippen LogP contribution is -2.58. The van der Waals surface area contributed by atoms with Crippen LogP contribution < -0.4 is 27.4 Å². The van der Waals surface area contributed by atoms with E-state index in [4.69, 9.17) is 11.5 Å². The van der Waals surface area contributed by atoms with Crippen LogP contribution in [-0.4, -0.2) is 58.9 Å². The summed E-state index contributed by atoms with van der Waals surface area (Å²) in [6, 6.07) is -4.30. The molecule has 0 radical (unpaired) electrons. The molecule has 4 atom stereocenters. The molecule has 0 rings (SSSR count). The Hall–Kier alpha value is -2.69. The number of nitrogens with two attached hydrogens (primary N) is 2. The van der Waals surface area contributed by atoms with Crippen LogP contribution in [0.2, 0.25) is 0 Å². The Labute approximate surface area is 189 Å². The molecule has 0 aromatic carbocycles. The Morgan fingerprint density at radius 3 is 1.62 bits per heavy atom. The largest absolute Gasteiger partial charge is 0.480 e. The monoisotopic (exact) mass is 457 g/mol. The number of primary amides is 1. The van der Waals surface area contributed by atoms with Crippen molar-refractivity contribution in [3.8, 4) is 0 Å². The minimum atomic E-state index is -1.20. The highest BCUT2D eigenvalue weighted by molar-refractivity contribution is 5.95. The Balaban J connectivity index is 5.44. The number of amides is 4. The highest BCUT2D eigenvalue weighted by atomic mass is 16.4. The summed E-state index contributed by atoms with van der Waals surface area (Å²) in [5.74, 6) is -4.13. The van der Waals surface area contributed by atoms with Gasteiger partial charge in [0.15, 0.2) is 0 Å². The number of aliphatic carboxylic acids is 1. The first kappa shape index (κ1) is 29.3. The fourth-order valence-electron chi connectivity index (χ4n) is 3.03. The molecule has 0 saturated heterocycles. The maximum Gasteiger partial charge on any atom is 0.326 e. The molecule has 0 unspecified atom stereocenters. The summed E-state index contributed by atoms with van der Waals surface area (Å²) >= 11 is 0. The molecule has 8 N–H and O–H groups in total. The van der Waals surface area contributed by atoms with Crippen LogP contribution in [0.3, 0.4) is 0 Å². The van der Waals surface area contributed by atoms with Gasteiger partial charge in [-0.15, -0.1) is 0 Å². The lowest BCUT2D eigenvalue weighted by Gasteiger charge is -2.27. The maximum absolute atomic E-state index is 12.9. The van der Waals surface area contributed by atoms with Gasteiger partial charge in [0.05, 0.1) is 12.5 Å². The average molecular weight is 458 g/mol. The molecule has 11 heteroatoms. The zero-order valence-electron chi connectivity index (χ0n) is 19.8. The summed E-state index contributed by atoms with van der Waals surface area (Å²) in [6.07, 6.45) is 0.139. The van der Waals surface area contributed by atoms with Crippen LogP contribution >= 0.6 is 0 Å². The number of nitrogens with one attached hydrogen (secondary N) is 3. The van der Waals surface area contributed by atoms with Crippen molar-refractivity contribution in [3.63, 3.8) is 0 Å². The lowest BCUT2D eigenvalue weighted by atomic mass is 9.98. The van der Waals surface area contributed by atoms with Gasteiger partial charge in [-0.1, -0.05) is 41.5 Å². The van der Waals surface area contributed by atoms with E-state index in [1.807, 2.05) is 27.7 Å². The molecule has 0 aromatic heterocycles. The van der Waals surface area contributed by atoms with Gasteiger partial charge in [-0.3, -0.25) is 19.2 Å². The Morgan fingerprint density at radius 2 is 1.22 bits per heavy atom. The van der Waals surface area contributed by atoms with Gasteiger partial charge in [0.2, 0.25) is 23.6 Å². The highest BCUT2D eigenvalue weighted by Gasteiger charge is 2.32. The number of hydrogen-bond donors (Lipinski definition) is 6. The summed E-state index contributed by atoms with van der Waals surface area (Å²) in [7, 11) is 0. The van der Waals surface area contributed by atoms with Crippen molar-refractivity contribution in [1.29, 1.82) is 0 Å². The van der Waals surface area contributed by atoms with Crippen LogP contribution in [0.1, 0.15) is 60.8 Å². The van der Waals surface area contributed by atoms with Gasteiger partial charge in [0, 0.05) is 0 Å². The van der Waals surface area contributed by atoms with Crippen molar-refractivity contribution < 1.29 is 29.1 Å². The summed E-state index contributed by atoms with van der Waals surface area (Å²) in [4.78, 5) is 60.5. The molecule has 32 heavy (non-hydrogen) atoms. The average Bonchev–Trinajstić information content (AvgIpc) is 2.62. The van der Waals surface area contributed by atoms with Crippen LogP contribution in [0.25, 0.3) is 0 Å². The van der Waals surface area contributed by atoms with Crippen LogP contribution in [0.4, 0.5) is 0 Å². The molecule has 0 saturated carbocycles. The van der Waals surface area contributed by atoms with Crippen LogP contribution in [0.15, 0.2) is 0 Å². The van der Waals surface area contributed by atoms with Gasteiger partial charge in [-0.05, 0) is 30.6 Å². The highest BCUT2D eigenvalue weighted by Crippen LogP contribution is 2.10. The van der Waals surface area contributed by atoms with Gasteiger partial charge >= 0.3 is 5.97 Å². The second-order valence-corrected chi connectivity index (χ2v) is 9.23. The van der Waals surface area contributed by atoms with Crippen molar-refractivity contribution in [2.24, 2.45) is 29.2 Å². The van der Waals surface area contributed by atoms with Crippen LogP contribution in [-0.2, 0) is 24.0 Å². The molecule has 0 aliphatic heterocycles. The molecule has 0 aromatic rings. The fourth-order valence-corrected chi connectivity index (χ4v) is 3.03. The normalized spacial score (nSPS) is 15.1. The molecular formula is C21H39N5O6. The SMILES string of the molecule is CC(C)C[C@H](NC(=O)[C@H](CC(C)C)NC(=O)[C@@H](NC(=O)[C@@H](N)CC(N)=O)C(C)C)C(=O)O. The zero-order valence-corrected chi connectivity index (χ0v) is 19.8.